The van der Waals surface area contributed by atoms with Gasteiger partial charge in [0.15, 0.2) is 5.65 Å². The number of sulfonamides is 1. The predicted molar refractivity (Wildman–Crippen MR) is 120 cm³/mol. The Kier molecular flexibility index (Phi) is 4.96. The van der Waals surface area contributed by atoms with E-state index < -0.39 is 27.8 Å². The second-order valence-electron chi connectivity index (χ2n) is 7.78. The zero-order valence-electron chi connectivity index (χ0n) is 17.5. The van der Waals surface area contributed by atoms with Crippen LogP contribution in [0.25, 0.3) is 16.8 Å². The third kappa shape index (κ3) is 3.47. The fourth-order valence-corrected chi connectivity index (χ4v) is 5.33. The van der Waals surface area contributed by atoms with Crippen molar-refractivity contribution in [2.75, 3.05) is 14.1 Å². The van der Waals surface area contributed by atoms with E-state index in [1.807, 2.05) is 0 Å². The van der Waals surface area contributed by atoms with Crippen molar-refractivity contribution in [3.63, 3.8) is 0 Å². The first-order valence-corrected chi connectivity index (χ1v) is 11.6. The molecular weight excluding hydrogens is 469 g/mol. The summed E-state index contributed by atoms with van der Waals surface area (Å²) >= 11 is 6.30. The van der Waals surface area contributed by atoms with Crippen molar-refractivity contribution in [3.8, 4) is 11.1 Å². The molecule has 0 aliphatic carbocycles. The highest BCUT2D eigenvalue weighted by Gasteiger charge is 2.38. The Hall–Kier alpha value is -3.34. The number of nitrogens with one attached hydrogen (secondary N) is 1. The summed E-state index contributed by atoms with van der Waals surface area (Å²) in [5.41, 5.74) is 2.46. The quantitative estimate of drug-likeness (QED) is 0.478. The van der Waals surface area contributed by atoms with E-state index in [4.69, 9.17) is 11.6 Å². The van der Waals surface area contributed by atoms with Gasteiger partial charge in [0.05, 0.1) is 10.9 Å². The van der Waals surface area contributed by atoms with Gasteiger partial charge in [0.25, 0.3) is 5.91 Å². The number of aromatic nitrogens is 3. The summed E-state index contributed by atoms with van der Waals surface area (Å²) in [7, 11) is -1.17. The lowest BCUT2D eigenvalue weighted by Crippen LogP contribution is -2.25. The van der Waals surface area contributed by atoms with Crippen LogP contribution in [0.15, 0.2) is 59.9 Å². The van der Waals surface area contributed by atoms with Crippen LogP contribution in [0.2, 0.25) is 5.02 Å². The maximum absolute atomic E-state index is 14.0. The highest BCUT2D eigenvalue weighted by Crippen LogP contribution is 2.41. The van der Waals surface area contributed by atoms with Gasteiger partial charge in [-0.25, -0.2) is 26.6 Å². The zero-order valence-corrected chi connectivity index (χ0v) is 19.0. The number of hydrogen-bond donors (Lipinski definition) is 1. The van der Waals surface area contributed by atoms with E-state index in [0.29, 0.717) is 16.8 Å². The van der Waals surface area contributed by atoms with Crippen LogP contribution in [0, 0.1) is 5.82 Å². The van der Waals surface area contributed by atoms with Gasteiger partial charge in [-0.3, -0.25) is 4.79 Å². The number of rotatable bonds is 4. The summed E-state index contributed by atoms with van der Waals surface area (Å²) in [5, 5.41) is 7.08. The molecule has 0 radical (unpaired) electrons. The van der Waals surface area contributed by atoms with E-state index in [1.54, 1.807) is 28.9 Å². The third-order valence-corrected chi connectivity index (χ3v) is 7.79. The molecule has 4 aromatic rings. The molecule has 2 aromatic heterocycles. The molecule has 0 spiro atoms. The number of benzene rings is 2. The first-order chi connectivity index (χ1) is 15.7. The largest absolute Gasteiger partial charge is 0.341 e. The van der Waals surface area contributed by atoms with Gasteiger partial charge in [-0.05, 0) is 48.0 Å². The van der Waals surface area contributed by atoms with E-state index in [0.717, 1.165) is 4.31 Å². The van der Waals surface area contributed by atoms with Crippen molar-refractivity contribution in [1.82, 2.24) is 24.2 Å². The molecule has 1 aliphatic rings. The van der Waals surface area contributed by atoms with Gasteiger partial charge in [-0.1, -0.05) is 11.6 Å². The Morgan fingerprint density at radius 3 is 2.67 bits per heavy atom. The number of amides is 1. The number of carbonyl (C=O) groups excluding carboxylic acids is 1. The minimum absolute atomic E-state index is 0.0673. The Morgan fingerprint density at radius 2 is 1.91 bits per heavy atom. The van der Waals surface area contributed by atoms with Gasteiger partial charge >= 0.3 is 0 Å². The van der Waals surface area contributed by atoms with E-state index in [2.05, 4.69) is 15.4 Å². The van der Waals surface area contributed by atoms with Crippen LogP contribution in [0.1, 0.15) is 27.5 Å². The summed E-state index contributed by atoms with van der Waals surface area (Å²) < 4.78 is 43.3. The number of halogens is 2. The third-order valence-electron chi connectivity index (χ3n) is 5.59. The van der Waals surface area contributed by atoms with E-state index in [1.165, 1.54) is 44.7 Å². The molecule has 1 N–H and O–H groups in total. The molecular formula is C22H17ClFN5O3S. The molecule has 0 bridgehead atoms. The molecule has 0 unspecified atom stereocenters. The van der Waals surface area contributed by atoms with Gasteiger partial charge in [0.1, 0.15) is 12.1 Å². The lowest BCUT2D eigenvalue weighted by atomic mass is 9.95. The van der Waals surface area contributed by atoms with Crippen LogP contribution in [0.3, 0.4) is 0 Å². The van der Waals surface area contributed by atoms with Crippen LogP contribution >= 0.6 is 11.6 Å². The standard InChI is InChI=1S/C22H17ClFN5O3S/c1-28(2)33(31,32)18-8-13(12-3-6-19-25-11-26-29(19)10-12)7-16-20(18)21(27-22(16)30)15-9-14(24)4-5-17(15)23/h3-11,21H,1-2H3,(H,27,30)/t21-/m1/s1. The monoisotopic (exact) mass is 485 g/mol. The Morgan fingerprint density at radius 1 is 1.12 bits per heavy atom. The van der Waals surface area contributed by atoms with Crippen molar-refractivity contribution < 1.29 is 17.6 Å². The molecule has 0 saturated carbocycles. The van der Waals surface area contributed by atoms with Crippen molar-refractivity contribution in [2.24, 2.45) is 0 Å². The summed E-state index contributed by atoms with van der Waals surface area (Å²) in [6, 6.07) is 9.48. The topological polar surface area (TPSA) is 96.7 Å². The molecule has 8 nitrogen and oxygen atoms in total. The average Bonchev–Trinajstić information content (AvgIpc) is 3.38. The smallest absolute Gasteiger partial charge is 0.252 e. The first kappa shape index (κ1) is 21.5. The molecule has 5 rings (SSSR count). The Labute approximate surface area is 193 Å². The van der Waals surface area contributed by atoms with E-state index in [-0.39, 0.29) is 26.6 Å². The van der Waals surface area contributed by atoms with E-state index >= 15 is 0 Å². The predicted octanol–water partition coefficient (Wildman–Crippen LogP) is 3.27. The maximum Gasteiger partial charge on any atom is 0.252 e. The molecule has 2 aromatic carbocycles. The van der Waals surface area contributed by atoms with E-state index in [9.17, 15) is 17.6 Å². The zero-order chi connectivity index (χ0) is 23.5. The van der Waals surface area contributed by atoms with Gasteiger partial charge < -0.3 is 5.32 Å². The number of carbonyl (C=O) groups is 1. The summed E-state index contributed by atoms with van der Waals surface area (Å²) in [6.45, 7) is 0. The molecule has 1 atom stereocenters. The lowest BCUT2D eigenvalue weighted by Gasteiger charge is -2.20. The van der Waals surface area contributed by atoms with Crippen LogP contribution in [0.4, 0.5) is 4.39 Å². The summed E-state index contributed by atoms with van der Waals surface area (Å²) in [6.07, 6.45) is 3.11. The van der Waals surface area contributed by atoms with Crippen LogP contribution in [-0.4, -0.2) is 47.3 Å². The molecule has 1 aliphatic heterocycles. The van der Waals surface area contributed by atoms with Crippen LogP contribution in [-0.2, 0) is 10.0 Å². The average molecular weight is 486 g/mol. The normalized spacial score (nSPS) is 15.8. The van der Waals surface area contributed by atoms with Crippen molar-refractivity contribution in [2.45, 2.75) is 10.9 Å². The molecule has 0 fully saturated rings. The van der Waals surface area contributed by atoms with Crippen LogP contribution < -0.4 is 5.32 Å². The van der Waals surface area contributed by atoms with Gasteiger partial charge in [-0.2, -0.15) is 5.10 Å². The molecule has 3 heterocycles. The number of hydrogen-bond acceptors (Lipinski definition) is 5. The fourth-order valence-electron chi connectivity index (χ4n) is 3.93. The number of fused-ring (bicyclic) bond motifs is 2. The second-order valence-corrected chi connectivity index (χ2v) is 10.3. The van der Waals surface area contributed by atoms with Crippen LogP contribution in [0.5, 0.6) is 0 Å². The molecule has 33 heavy (non-hydrogen) atoms. The first-order valence-electron chi connectivity index (χ1n) is 9.83. The second kappa shape index (κ2) is 7.62. The number of pyridine rings is 1. The van der Waals surface area contributed by atoms with Gasteiger partial charge in [-0.15, -0.1) is 0 Å². The van der Waals surface area contributed by atoms with Crippen molar-refractivity contribution in [1.29, 1.82) is 0 Å². The number of nitrogens with zero attached hydrogens (tertiary/aromatic N) is 4. The Bertz CT molecular complexity index is 1550. The summed E-state index contributed by atoms with van der Waals surface area (Å²) in [4.78, 5) is 17.0. The minimum Gasteiger partial charge on any atom is -0.341 e. The molecule has 11 heteroatoms. The Balaban J connectivity index is 1.79. The maximum atomic E-state index is 14.0. The van der Waals surface area contributed by atoms with Gasteiger partial charge in [0.2, 0.25) is 10.0 Å². The van der Waals surface area contributed by atoms with Crippen molar-refractivity contribution in [3.05, 3.63) is 82.5 Å². The summed E-state index contributed by atoms with van der Waals surface area (Å²) in [5.74, 6) is -1.03. The lowest BCUT2D eigenvalue weighted by molar-refractivity contribution is 0.0960. The molecule has 0 saturated heterocycles. The minimum atomic E-state index is -3.98. The highest BCUT2D eigenvalue weighted by molar-refractivity contribution is 7.89. The van der Waals surface area contributed by atoms with Gasteiger partial charge in [0, 0.05) is 47.6 Å². The SMILES string of the molecule is CN(C)S(=O)(=O)c1cc(-c2ccc3ncnn3c2)cc2c1[C@@H](c1cc(F)ccc1Cl)NC2=O. The van der Waals surface area contributed by atoms with Crippen molar-refractivity contribution >= 4 is 33.2 Å². The fraction of sp³-hybridized carbons (Fsp3) is 0.136. The molecule has 1 amide bonds. The highest BCUT2D eigenvalue weighted by atomic mass is 35.5. The molecule has 168 valence electrons.